The molecular weight excluding hydrogens is 426 g/mol. The smallest absolute Gasteiger partial charge is 0.322 e. The van der Waals surface area contributed by atoms with Crippen LogP contribution in [0.1, 0.15) is 16.7 Å². The predicted molar refractivity (Wildman–Crippen MR) is 117 cm³/mol. The van der Waals surface area contributed by atoms with Gasteiger partial charge in [-0.05, 0) is 23.8 Å². The number of ether oxygens (including phenoxy) is 4. The number of nitrogens with one attached hydrogen (secondary N) is 1. The Morgan fingerprint density at radius 3 is 2.16 bits per heavy atom. The molecule has 0 heterocycles. The maximum atomic E-state index is 11.2. The summed E-state index contributed by atoms with van der Waals surface area (Å²) in [6.07, 6.45) is 3.43. The van der Waals surface area contributed by atoms with Gasteiger partial charge >= 0.3 is 5.97 Å². The van der Waals surface area contributed by atoms with Crippen molar-refractivity contribution in [2.45, 2.75) is 5.75 Å². The summed E-state index contributed by atoms with van der Waals surface area (Å²) in [6.45, 7) is -0.358. The molecule has 1 atom stereocenters. The van der Waals surface area contributed by atoms with Crippen molar-refractivity contribution in [3.63, 3.8) is 0 Å². The zero-order valence-corrected chi connectivity index (χ0v) is 18.4. The first-order chi connectivity index (χ1) is 14.8. The predicted octanol–water partition coefficient (Wildman–Crippen LogP) is 2.77. The van der Waals surface area contributed by atoms with Gasteiger partial charge in [0.2, 0.25) is 0 Å². The van der Waals surface area contributed by atoms with Gasteiger partial charge in [0.1, 0.15) is 29.5 Å². The van der Waals surface area contributed by atoms with Crippen LogP contribution in [0.25, 0.3) is 12.2 Å². The summed E-state index contributed by atoms with van der Waals surface area (Å²) in [5.41, 5.74) is 2.00. The van der Waals surface area contributed by atoms with E-state index in [4.69, 9.17) is 24.1 Å². The standard InChI is InChI=1S/C21H25NO8S/c1-27-15-9-18(28-2)16(19(10-15)29-3)6-5-14-7-13(12-31(25)26)8-17(21(14)30-4)22-11-20(23)24/h5-10,22H,11-12H2,1-4H3,(H,23,24)(H,25,26)/p-1. The maximum Gasteiger partial charge on any atom is 0.322 e. The van der Waals surface area contributed by atoms with Crippen molar-refractivity contribution >= 4 is 34.9 Å². The molecule has 0 radical (unpaired) electrons. The molecule has 2 aromatic rings. The van der Waals surface area contributed by atoms with E-state index in [1.807, 2.05) is 0 Å². The maximum absolute atomic E-state index is 11.2. The number of hydrogen-bond acceptors (Lipinski definition) is 8. The molecule has 2 rings (SSSR count). The van der Waals surface area contributed by atoms with Gasteiger partial charge in [-0.25, -0.2) is 0 Å². The number of benzene rings is 2. The first-order valence-electron chi connectivity index (χ1n) is 9.03. The van der Waals surface area contributed by atoms with Gasteiger partial charge in [-0.1, -0.05) is 17.2 Å². The summed E-state index contributed by atoms with van der Waals surface area (Å²) in [5.74, 6) is 0.638. The molecule has 168 valence electrons. The van der Waals surface area contributed by atoms with Crippen LogP contribution in [0.4, 0.5) is 5.69 Å². The van der Waals surface area contributed by atoms with E-state index in [2.05, 4.69) is 5.32 Å². The summed E-state index contributed by atoms with van der Waals surface area (Å²) in [7, 11) is 6.01. The fraction of sp³-hybridized carbons (Fsp3) is 0.286. The molecule has 2 N–H and O–H groups in total. The van der Waals surface area contributed by atoms with Crippen molar-refractivity contribution in [1.82, 2.24) is 0 Å². The van der Waals surface area contributed by atoms with Gasteiger partial charge in [-0.15, -0.1) is 0 Å². The van der Waals surface area contributed by atoms with Crippen molar-refractivity contribution in [1.29, 1.82) is 0 Å². The molecule has 0 saturated heterocycles. The molecule has 0 fully saturated rings. The van der Waals surface area contributed by atoms with Crippen LogP contribution in [0.2, 0.25) is 0 Å². The van der Waals surface area contributed by atoms with Crippen molar-refractivity contribution in [3.8, 4) is 23.0 Å². The molecule has 31 heavy (non-hydrogen) atoms. The van der Waals surface area contributed by atoms with Crippen LogP contribution in [0.5, 0.6) is 23.0 Å². The number of hydrogen-bond donors (Lipinski definition) is 2. The van der Waals surface area contributed by atoms with Gasteiger partial charge in [0.15, 0.2) is 0 Å². The number of methoxy groups -OCH3 is 4. The Bertz CT molecular complexity index is 965. The zero-order chi connectivity index (χ0) is 23.0. The molecule has 0 saturated carbocycles. The van der Waals surface area contributed by atoms with Crippen LogP contribution in [0, 0.1) is 0 Å². The minimum absolute atomic E-state index is 0.234. The average Bonchev–Trinajstić information content (AvgIpc) is 2.74. The number of carboxylic acid groups (broad SMARTS) is 1. The van der Waals surface area contributed by atoms with Gasteiger partial charge in [0.25, 0.3) is 0 Å². The summed E-state index contributed by atoms with van der Waals surface area (Å²) in [6, 6.07) is 6.61. The molecule has 0 aliphatic heterocycles. The number of aliphatic carboxylic acids is 1. The molecule has 9 nitrogen and oxygen atoms in total. The van der Waals surface area contributed by atoms with Crippen molar-refractivity contribution < 1.29 is 37.6 Å². The number of carbonyl (C=O) groups is 1. The van der Waals surface area contributed by atoms with Crippen LogP contribution in [-0.2, 0) is 21.6 Å². The van der Waals surface area contributed by atoms with Gasteiger partial charge in [0.05, 0.1) is 39.7 Å². The molecule has 0 aromatic heterocycles. The van der Waals surface area contributed by atoms with E-state index in [-0.39, 0.29) is 12.3 Å². The minimum atomic E-state index is -2.32. The molecular formula is C21H24NO8S-. The molecule has 2 aromatic carbocycles. The largest absolute Gasteiger partial charge is 0.772 e. The fourth-order valence-electron chi connectivity index (χ4n) is 2.96. The summed E-state index contributed by atoms with van der Waals surface area (Å²) >= 11 is -2.32. The van der Waals surface area contributed by atoms with E-state index < -0.39 is 17.0 Å². The highest BCUT2D eigenvalue weighted by atomic mass is 32.2. The molecule has 0 bridgehead atoms. The monoisotopic (exact) mass is 450 g/mol. The van der Waals surface area contributed by atoms with E-state index in [9.17, 15) is 13.6 Å². The molecule has 0 aliphatic rings. The number of anilines is 1. The lowest BCUT2D eigenvalue weighted by atomic mass is 10.1. The minimum Gasteiger partial charge on any atom is -0.772 e. The lowest BCUT2D eigenvalue weighted by Crippen LogP contribution is -2.13. The third kappa shape index (κ3) is 6.37. The van der Waals surface area contributed by atoms with Gasteiger partial charge < -0.3 is 33.9 Å². The zero-order valence-electron chi connectivity index (χ0n) is 17.6. The van der Waals surface area contributed by atoms with Crippen LogP contribution < -0.4 is 24.3 Å². The highest BCUT2D eigenvalue weighted by Gasteiger charge is 2.14. The second-order valence-corrected chi connectivity index (χ2v) is 7.14. The van der Waals surface area contributed by atoms with Crippen molar-refractivity contribution in [3.05, 3.63) is 41.0 Å². The first-order valence-corrected chi connectivity index (χ1v) is 10.3. The Morgan fingerprint density at radius 2 is 1.68 bits per heavy atom. The second-order valence-electron chi connectivity index (χ2n) is 6.24. The van der Waals surface area contributed by atoms with Crippen LogP contribution >= 0.6 is 0 Å². The lowest BCUT2D eigenvalue weighted by molar-refractivity contribution is -0.134. The van der Waals surface area contributed by atoms with Gasteiger partial charge in [-0.3, -0.25) is 9.00 Å². The Labute approximate surface area is 182 Å². The highest BCUT2D eigenvalue weighted by Crippen LogP contribution is 2.37. The van der Waals surface area contributed by atoms with E-state index >= 15 is 0 Å². The molecule has 1 unspecified atom stereocenters. The Kier molecular flexibility index (Phi) is 8.71. The van der Waals surface area contributed by atoms with E-state index in [0.29, 0.717) is 45.4 Å². The van der Waals surface area contributed by atoms with Gasteiger partial charge in [0, 0.05) is 23.4 Å². The fourth-order valence-corrected chi connectivity index (χ4v) is 3.40. The molecule has 0 amide bonds. The van der Waals surface area contributed by atoms with Crippen LogP contribution in [0.15, 0.2) is 24.3 Å². The first kappa shape index (κ1) is 24.0. The third-order valence-electron chi connectivity index (χ3n) is 4.28. The Balaban J connectivity index is 2.59. The van der Waals surface area contributed by atoms with Crippen molar-refractivity contribution in [2.24, 2.45) is 0 Å². The normalized spacial score (nSPS) is 11.8. The van der Waals surface area contributed by atoms with E-state index in [1.54, 1.807) is 36.4 Å². The second kappa shape index (κ2) is 11.2. The third-order valence-corrected chi connectivity index (χ3v) is 4.85. The summed E-state index contributed by atoms with van der Waals surface area (Å²) in [5, 5.41) is 11.7. The van der Waals surface area contributed by atoms with E-state index in [0.717, 1.165) is 0 Å². The molecule has 10 heteroatoms. The topological polar surface area (TPSA) is 126 Å². The SMILES string of the molecule is COc1cc(OC)c(C=Cc2cc(CS(=O)[O-])cc(NCC(=O)O)c2OC)c(OC)c1. The van der Waals surface area contributed by atoms with Gasteiger partial charge in [-0.2, -0.15) is 0 Å². The summed E-state index contributed by atoms with van der Waals surface area (Å²) < 4.78 is 44.0. The average molecular weight is 450 g/mol. The summed E-state index contributed by atoms with van der Waals surface area (Å²) in [4.78, 5) is 11.0. The number of rotatable bonds is 11. The Hall–Kier alpha value is -3.24. The number of carboxylic acids is 1. The van der Waals surface area contributed by atoms with Crippen molar-refractivity contribution in [2.75, 3.05) is 40.3 Å². The highest BCUT2D eigenvalue weighted by molar-refractivity contribution is 7.78. The van der Waals surface area contributed by atoms with Crippen LogP contribution in [-0.4, -0.2) is 54.8 Å². The Morgan fingerprint density at radius 1 is 1.03 bits per heavy atom. The quantitative estimate of drug-likeness (QED) is 0.392. The van der Waals surface area contributed by atoms with E-state index in [1.165, 1.54) is 28.4 Å². The molecule has 0 aliphatic carbocycles. The molecule has 0 spiro atoms. The lowest BCUT2D eigenvalue weighted by Gasteiger charge is -2.16. The van der Waals surface area contributed by atoms with Crippen LogP contribution in [0.3, 0.4) is 0 Å².